The van der Waals surface area contributed by atoms with E-state index in [1.54, 1.807) is 0 Å². The lowest BCUT2D eigenvalue weighted by Gasteiger charge is -2.38. The third-order valence-electron chi connectivity index (χ3n) is 3.91. The first kappa shape index (κ1) is 14.8. The molecule has 20 heavy (non-hydrogen) atoms. The second kappa shape index (κ2) is 5.44. The normalized spacial score (nSPS) is 17.9. The smallest absolute Gasteiger partial charge is 0.256 e. The second-order valence-electron chi connectivity index (χ2n) is 5.34. The number of piperidine rings is 1. The lowest BCUT2D eigenvalue weighted by molar-refractivity contribution is 0.0665. The molecule has 0 saturated carbocycles. The minimum absolute atomic E-state index is 0.232. The summed E-state index contributed by atoms with van der Waals surface area (Å²) in [5.74, 6) is -1.83. The maximum absolute atomic E-state index is 13.6. The third-order valence-corrected chi connectivity index (χ3v) is 4.40. The van der Waals surface area contributed by atoms with Gasteiger partial charge in [0, 0.05) is 18.5 Å². The fraction of sp³-hybridized carbons (Fsp3) is 0.429. The highest BCUT2D eigenvalue weighted by Crippen LogP contribution is 2.31. The minimum Gasteiger partial charge on any atom is -0.393 e. The van der Waals surface area contributed by atoms with Crippen LogP contribution in [0.5, 0.6) is 0 Å². The summed E-state index contributed by atoms with van der Waals surface area (Å²) >= 11 is 5.03. The number of benzene rings is 1. The first-order valence-corrected chi connectivity index (χ1v) is 6.78. The molecule has 0 spiro atoms. The molecule has 1 aromatic carbocycles. The molecule has 0 aliphatic carbocycles. The predicted molar refractivity (Wildman–Crippen MR) is 76.4 cm³/mol. The van der Waals surface area contributed by atoms with E-state index in [1.165, 1.54) is 4.90 Å². The van der Waals surface area contributed by atoms with E-state index in [1.807, 2.05) is 6.92 Å². The molecule has 0 aromatic heterocycles. The van der Waals surface area contributed by atoms with Crippen LogP contribution >= 0.6 is 12.2 Å². The molecule has 2 N–H and O–H groups in total. The van der Waals surface area contributed by atoms with Gasteiger partial charge in [0.1, 0.15) is 11.6 Å². The van der Waals surface area contributed by atoms with Gasteiger partial charge in [0.25, 0.3) is 5.91 Å². The Bertz CT molecular complexity index is 554. The Morgan fingerprint density at radius 3 is 2.50 bits per heavy atom. The molecule has 1 aromatic rings. The number of rotatable bonds is 2. The highest BCUT2D eigenvalue weighted by molar-refractivity contribution is 7.80. The molecule has 2 rings (SSSR count). The number of hydrogen-bond donors (Lipinski definition) is 1. The summed E-state index contributed by atoms with van der Waals surface area (Å²) in [6.45, 7) is 2.82. The Hall–Kier alpha value is -1.56. The average molecular weight is 298 g/mol. The van der Waals surface area contributed by atoms with Crippen molar-refractivity contribution in [2.45, 2.75) is 19.8 Å². The van der Waals surface area contributed by atoms with Gasteiger partial charge in [-0.1, -0.05) is 19.1 Å². The van der Waals surface area contributed by atoms with Gasteiger partial charge in [-0.25, -0.2) is 8.78 Å². The standard InChI is InChI=1S/C14H16F2N2OS/c1-14(13(17)20)4-6-18(7-5-14)12(19)10-8-9(15)2-3-11(10)16/h2-3,8H,4-7H2,1H3,(H2,17,20). The predicted octanol–water partition coefficient (Wildman–Crippen LogP) is 2.49. The van der Waals surface area contributed by atoms with Crippen molar-refractivity contribution in [3.8, 4) is 0 Å². The van der Waals surface area contributed by atoms with Gasteiger partial charge < -0.3 is 10.6 Å². The van der Waals surface area contributed by atoms with Crippen LogP contribution in [0.4, 0.5) is 8.78 Å². The Kier molecular flexibility index (Phi) is 4.04. The summed E-state index contributed by atoms with van der Waals surface area (Å²) in [5, 5.41) is 0. The molecule has 1 aliphatic heterocycles. The molecule has 1 fully saturated rings. The average Bonchev–Trinajstić information content (AvgIpc) is 2.41. The topological polar surface area (TPSA) is 46.3 Å². The van der Waals surface area contributed by atoms with Crippen LogP contribution in [0.15, 0.2) is 18.2 Å². The highest BCUT2D eigenvalue weighted by atomic mass is 32.1. The quantitative estimate of drug-likeness (QED) is 0.853. The molecule has 0 atom stereocenters. The summed E-state index contributed by atoms with van der Waals surface area (Å²) in [6.07, 6.45) is 1.26. The van der Waals surface area contributed by atoms with Crippen LogP contribution in [0.3, 0.4) is 0 Å². The zero-order valence-corrected chi connectivity index (χ0v) is 12.0. The molecule has 0 unspecified atom stereocenters. The van der Waals surface area contributed by atoms with Crippen molar-refractivity contribution in [3.63, 3.8) is 0 Å². The van der Waals surface area contributed by atoms with Gasteiger partial charge in [-0.05, 0) is 31.0 Å². The van der Waals surface area contributed by atoms with Crippen molar-refractivity contribution in [2.24, 2.45) is 11.1 Å². The van der Waals surface area contributed by atoms with Gasteiger partial charge in [0.05, 0.1) is 10.6 Å². The van der Waals surface area contributed by atoms with Crippen LogP contribution in [0.2, 0.25) is 0 Å². The van der Waals surface area contributed by atoms with Gasteiger partial charge in [0.2, 0.25) is 0 Å². The monoisotopic (exact) mass is 298 g/mol. The van der Waals surface area contributed by atoms with Crippen molar-refractivity contribution in [3.05, 3.63) is 35.4 Å². The van der Waals surface area contributed by atoms with Crippen LogP contribution in [0.1, 0.15) is 30.1 Å². The molecule has 1 aliphatic rings. The Labute approximate surface area is 121 Å². The lowest BCUT2D eigenvalue weighted by atomic mass is 9.80. The van der Waals surface area contributed by atoms with Crippen molar-refractivity contribution in [1.29, 1.82) is 0 Å². The fourth-order valence-electron chi connectivity index (χ4n) is 2.28. The summed E-state index contributed by atoms with van der Waals surface area (Å²) in [7, 11) is 0. The van der Waals surface area contributed by atoms with E-state index in [0.717, 1.165) is 18.2 Å². The van der Waals surface area contributed by atoms with E-state index in [-0.39, 0.29) is 11.0 Å². The Morgan fingerprint density at radius 2 is 1.95 bits per heavy atom. The summed E-state index contributed by atoms with van der Waals surface area (Å²) < 4.78 is 26.7. The molecule has 3 nitrogen and oxygen atoms in total. The number of amides is 1. The largest absolute Gasteiger partial charge is 0.393 e. The fourth-order valence-corrected chi connectivity index (χ4v) is 2.49. The van der Waals surface area contributed by atoms with Crippen molar-refractivity contribution < 1.29 is 13.6 Å². The Balaban J connectivity index is 2.13. The van der Waals surface area contributed by atoms with Crippen molar-refractivity contribution >= 4 is 23.1 Å². The number of halogens is 2. The summed E-state index contributed by atoms with van der Waals surface area (Å²) in [4.78, 5) is 14.2. The summed E-state index contributed by atoms with van der Waals surface area (Å²) in [5.41, 5.74) is 5.19. The zero-order chi connectivity index (χ0) is 14.9. The van der Waals surface area contributed by atoms with E-state index in [9.17, 15) is 13.6 Å². The van der Waals surface area contributed by atoms with Gasteiger partial charge in [-0.15, -0.1) is 0 Å². The highest BCUT2D eigenvalue weighted by Gasteiger charge is 2.34. The first-order chi connectivity index (χ1) is 9.33. The molecule has 0 bridgehead atoms. The second-order valence-corrected chi connectivity index (χ2v) is 5.78. The molecule has 0 radical (unpaired) electrons. The zero-order valence-electron chi connectivity index (χ0n) is 11.2. The van der Waals surface area contributed by atoms with E-state index in [4.69, 9.17) is 18.0 Å². The van der Waals surface area contributed by atoms with E-state index in [0.29, 0.717) is 30.9 Å². The number of likely N-dealkylation sites (tertiary alicyclic amines) is 1. The summed E-state index contributed by atoms with van der Waals surface area (Å²) in [6, 6.07) is 2.89. The van der Waals surface area contributed by atoms with Crippen molar-refractivity contribution in [1.82, 2.24) is 4.90 Å². The number of nitrogens with zero attached hydrogens (tertiary/aromatic N) is 1. The maximum Gasteiger partial charge on any atom is 0.256 e. The van der Waals surface area contributed by atoms with Crippen LogP contribution in [-0.2, 0) is 0 Å². The van der Waals surface area contributed by atoms with Crippen molar-refractivity contribution in [2.75, 3.05) is 13.1 Å². The Morgan fingerprint density at radius 1 is 1.35 bits per heavy atom. The molecule has 1 saturated heterocycles. The number of carbonyl (C=O) groups excluding carboxylic acids is 1. The molecule has 1 amide bonds. The first-order valence-electron chi connectivity index (χ1n) is 6.38. The van der Waals surface area contributed by atoms with Crippen LogP contribution in [-0.4, -0.2) is 28.9 Å². The molecular formula is C14H16F2N2OS. The number of hydrogen-bond acceptors (Lipinski definition) is 2. The molecule has 108 valence electrons. The molecule has 6 heteroatoms. The number of carbonyl (C=O) groups is 1. The lowest BCUT2D eigenvalue weighted by Crippen LogP contribution is -2.46. The van der Waals surface area contributed by atoms with E-state index >= 15 is 0 Å². The van der Waals surface area contributed by atoms with E-state index in [2.05, 4.69) is 0 Å². The van der Waals surface area contributed by atoms with Gasteiger partial charge in [-0.3, -0.25) is 4.79 Å². The SMILES string of the molecule is CC1(C(N)=S)CCN(C(=O)c2cc(F)ccc2F)CC1. The van der Waals surface area contributed by atoms with E-state index < -0.39 is 17.5 Å². The van der Waals surface area contributed by atoms with Gasteiger partial charge >= 0.3 is 0 Å². The van der Waals surface area contributed by atoms with Gasteiger partial charge in [0.15, 0.2) is 0 Å². The molecule has 1 heterocycles. The van der Waals surface area contributed by atoms with Gasteiger partial charge in [-0.2, -0.15) is 0 Å². The minimum atomic E-state index is -0.709. The van der Waals surface area contributed by atoms with Crippen LogP contribution in [0, 0.1) is 17.0 Å². The third kappa shape index (κ3) is 2.80. The van der Waals surface area contributed by atoms with Crippen LogP contribution in [0.25, 0.3) is 0 Å². The number of nitrogens with two attached hydrogens (primary N) is 1. The van der Waals surface area contributed by atoms with Crippen LogP contribution < -0.4 is 5.73 Å². The molecular weight excluding hydrogens is 282 g/mol. The maximum atomic E-state index is 13.6. The number of thiocarbonyl (C=S) groups is 1.